The van der Waals surface area contributed by atoms with Crippen LogP contribution in [0.3, 0.4) is 0 Å². The van der Waals surface area contributed by atoms with Crippen LogP contribution in [0.15, 0.2) is 12.1 Å². The molecule has 0 radical (unpaired) electrons. The zero-order valence-corrected chi connectivity index (χ0v) is 13.1. The van der Waals surface area contributed by atoms with Crippen molar-refractivity contribution in [3.8, 4) is 0 Å². The average Bonchev–Trinajstić information content (AvgIpc) is 2.93. The molecular formula is C17H28N2. The SMILES string of the molecule is Cc1cc(C)c(C(C)(C)CNCC2(N)CC2)c(C)c1. The van der Waals surface area contributed by atoms with Gasteiger partial charge < -0.3 is 11.1 Å². The van der Waals surface area contributed by atoms with Crippen molar-refractivity contribution in [1.82, 2.24) is 5.32 Å². The second kappa shape index (κ2) is 4.92. The Morgan fingerprint density at radius 3 is 2.16 bits per heavy atom. The number of hydrogen-bond acceptors (Lipinski definition) is 2. The lowest BCUT2D eigenvalue weighted by Gasteiger charge is -2.30. The molecule has 1 aromatic rings. The molecule has 0 aromatic heterocycles. The molecule has 0 aliphatic heterocycles. The normalized spacial score (nSPS) is 17.6. The Hall–Kier alpha value is -0.860. The van der Waals surface area contributed by atoms with E-state index in [1.54, 1.807) is 0 Å². The summed E-state index contributed by atoms with van der Waals surface area (Å²) >= 11 is 0. The molecule has 1 fully saturated rings. The first-order valence-electron chi connectivity index (χ1n) is 7.31. The molecule has 19 heavy (non-hydrogen) atoms. The first kappa shape index (κ1) is 14.5. The quantitative estimate of drug-likeness (QED) is 0.854. The van der Waals surface area contributed by atoms with Crippen LogP contribution in [0.4, 0.5) is 0 Å². The van der Waals surface area contributed by atoms with Gasteiger partial charge in [-0.05, 0) is 50.3 Å². The molecule has 0 bridgehead atoms. The summed E-state index contributed by atoms with van der Waals surface area (Å²) in [7, 11) is 0. The van der Waals surface area contributed by atoms with E-state index < -0.39 is 0 Å². The highest BCUT2D eigenvalue weighted by atomic mass is 15.0. The molecule has 1 aromatic carbocycles. The van der Waals surface area contributed by atoms with Crippen LogP contribution in [0.25, 0.3) is 0 Å². The van der Waals surface area contributed by atoms with Gasteiger partial charge in [0.1, 0.15) is 0 Å². The molecule has 0 heterocycles. The minimum Gasteiger partial charge on any atom is -0.324 e. The minimum atomic E-state index is 0.0907. The van der Waals surface area contributed by atoms with Crippen LogP contribution in [0.1, 0.15) is 48.9 Å². The number of nitrogens with one attached hydrogen (secondary N) is 1. The third-order valence-corrected chi connectivity index (χ3v) is 4.29. The van der Waals surface area contributed by atoms with Gasteiger partial charge in [0.2, 0.25) is 0 Å². The van der Waals surface area contributed by atoms with Crippen LogP contribution in [0.2, 0.25) is 0 Å². The van der Waals surface area contributed by atoms with Crippen molar-refractivity contribution < 1.29 is 0 Å². The van der Waals surface area contributed by atoms with Gasteiger partial charge in [-0.25, -0.2) is 0 Å². The Kier molecular flexibility index (Phi) is 3.76. The summed E-state index contributed by atoms with van der Waals surface area (Å²) in [6, 6.07) is 4.57. The molecule has 0 amide bonds. The van der Waals surface area contributed by atoms with Crippen LogP contribution < -0.4 is 11.1 Å². The first-order valence-corrected chi connectivity index (χ1v) is 7.31. The topological polar surface area (TPSA) is 38.0 Å². The molecule has 106 valence electrons. The van der Waals surface area contributed by atoms with Crippen molar-refractivity contribution in [3.05, 3.63) is 34.4 Å². The molecule has 0 spiro atoms. The Morgan fingerprint density at radius 1 is 1.16 bits per heavy atom. The fourth-order valence-electron chi connectivity index (χ4n) is 3.30. The molecule has 3 N–H and O–H groups in total. The van der Waals surface area contributed by atoms with E-state index in [2.05, 4.69) is 52.1 Å². The lowest BCUT2D eigenvalue weighted by atomic mass is 9.78. The summed E-state index contributed by atoms with van der Waals surface area (Å²) in [5, 5.41) is 3.57. The van der Waals surface area contributed by atoms with Gasteiger partial charge in [0.25, 0.3) is 0 Å². The van der Waals surface area contributed by atoms with Crippen molar-refractivity contribution in [3.63, 3.8) is 0 Å². The van der Waals surface area contributed by atoms with Crippen LogP contribution in [0, 0.1) is 20.8 Å². The maximum Gasteiger partial charge on any atom is 0.0282 e. The molecule has 2 nitrogen and oxygen atoms in total. The van der Waals surface area contributed by atoms with Crippen molar-refractivity contribution >= 4 is 0 Å². The summed E-state index contributed by atoms with van der Waals surface area (Å²) < 4.78 is 0. The number of aryl methyl sites for hydroxylation is 3. The van der Waals surface area contributed by atoms with Gasteiger partial charge in [-0.1, -0.05) is 31.5 Å². The average molecular weight is 260 g/mol. The monoisotopic (exact) mass is 260 g/mol. The summed E-state index contributed by atoms with van der Waals surface area (Å²) in [5.74, 6) is 0. The van der Waals surface area contributed by atoms with Gasteiger partial charge in [-0.2, -0.15) is 0 Å². The van der Waals surface area contributed by atoms with Crippen molar-refractivity contribution in [2.24, 2.45) is 5.73 Å². The van der Waals surface area contributed by atoms with Gasteiger partial charge in [0, 0.05) is 24.0 Å². The molecule has 0 atom stereocenters. The van der Waals surface area contributed by atoms with Crippen LogP contribution in [-0.4, -0.2) is 18.6 Å². The van der Waals surface area contributed by atoms with E-state index in [1.165, 1.54) is 35.1 Å². The predicted octanol–water partition coefficient (Wildman–Crippen LogP) is 2.97. The Balaban J connectivity index is 2.09. The highest BCUT2D eigenvalue weighted by molar-refractivity contribution is 5.42. The highest BCUT2D eigenvalue weighted by Gasteiger charge is 2.38. The van der Waals surface area contributed by atoms with E-state index >= 15 is 0 Å². The molecule has 0 saturated heterocycles. The molecule has 1 aliphatic rings. The van der Waals surface area contributed by atoms with E-state index in [0.717, 1.165) is 13.1 Å². The number of benzene rings is 1. The molecule has 2 rings (SSSR count). The molecule has 2 heteroatoms. The fraction of sp³-hybridized carbons (Fsp3) is 0.647. The van der Waals surface area contributed by atoms with E-state index in [-0.39, 0.29) is 11.0 Å². The number of nitrogens with two attached hydrogens (primary N) is 1. The van der Waals surface area contributed by atoms with E-state index in [4.69, 9.17) is 5.73 Å². The zero-order valence-electron chi connectivity index (χ0n) is 13.1. The summed E-state index contributed by atoms with van der Waals surface area (Å²) in [5.41, 5.74) is 12.0. The van der Waals surface area contributed by atoms with Crippen LogP contribution >= 0.6 is 0 Å². The zero-order chi connectivity index (χ0) is 14.3. The Bertz CT molecular complexity index is 447. The van der Waals surface area contributed by atoms with Crippen molar-refractivity contribution in [2.45, 2.75) is 58.4 Å². The second-order valence-corrected chi connectivity index (χ2v) is 7.12. The van der Waals surface area contributed by atoms with Gasteiger partial charge in [0.05, 0.1) is 0 Å². The van der Waals surface area contributed by atoms with Crippen molar-refractivity contribution in [1.29, 1.82) is 0 Å². The summed E-state index contributed by atoms with van der Waals surface area (Å²) in [6.07, 6.45) is 2.34. The van der Waals surface area contributed by atoms with E-state index in [0.29, 0.717) is 0 Å². The van der Waals surface area contributed by atoms with Crippen LogP contribution in [-0.2, 0) is 5.41 Å². The minimum absolute atomic E-state index is 0.0907. The Labute approximate surface area is 117 Å². The smallest absolute Gasteiger partial charge is 0.0282 e. The molecule has 1 aliphatic carbocycles. The van der Waals surface area contributed by atoms with E-state index in [1.807, 2.05) is 0 Å². The lowest BCUT2D eigenvalue weighted by molar-refractivity contribution is 0.445. The van der Waals surface area contributed by atoms with Gasteiger partial charge in [-0.3, -0.25) is 0 Å². The van der Waals surface area contributed by atoms with E-state index in [9.17, 15) is 0 Å². The maximum absolute atomic E-state index is 6.13. The van der Waals surface area contributed by atoms with Crippen LogP contribution in [0.5, 0.6) is 0 Å². The van der Waals surface area contributed by atoms with Gasteiger partial charge in [-0.15, -0.1) is 0 Å². The fourth-order valence-corrected chi connectivity index (χ4v) is 3.30. The number of hydrogen-bond donors (Lipinski definition) is 2. The highest BCUT2D eigenvalue weighted by Crippen LogP contribution is 2.32. The largest absolute Gasteiger partial charge is 0.324 e. The second-order valence-electron chi connectivity index (χ2n) is 7.12. The van der Waals surface area contributed by atoms with Gasteiger partial charge >= 0.3 is 0 Å². The molecule has 0 unspecified atom stereocenters. The Morgan fingerprint density at radius 2 is 1.68 bits per heavy atom. The molecule has 1 saturated carbocycles. The standard InChI is InChI=1S/C17H28N2/c1-12-8-13(2)15(14(3)9-12)16(4,5)10-19-11-17(18)6-7-17/h8-9,19H,6-7,10-11,18H2,1-5H3. The van der Waals surface area contributed by atoms with Gasteiger partial charge in [0.15, 0.2) is 0 Å². The maximum atomic E-state index is 6.13. The molecular weight excluding hydrogens is 232 g/mol. The summed E-state index contributed by atoms with van der Waals surface area (Å²) in [4.78, 5) is 0. The van der Waals surface area contributed by atoms with Crippen molar-refractivity contribution in [2.75, 3.05) is 13.1 Å². The number of rotatable bonds is 5. The first-order chi connectivity index (χ1) is 8.73. The summed E-state index contributed by atoms with van der Waals surface area (Å²) in [6.45, 7) is 13.2. The lowest BCUT2D eigenvalue weighted by Crippen LogP contribution is -2.42. The third kappa shape index (κ3) is 3.37. The third-order valence-electron chi connectivity index (χ3n) is 4.29. The predicted molar refractivity (Wildman–Crippen MR) is 82.7 cm³/mol.